The normalized spacial score (nSPS) is 21.0. The van der Waals surface area contributed by atoms with Crippen LogP contribution in [0.1, 0.15) is 19.3 Å². The van der Waals surface area contributed by atoms with Crippen LogP contribution in [-0.2, 0) is 0 Å². The van der Waals surface area contributed by atoms with Crippen LogP contribution in [0.2, 0.25) is 0 Å². The summed E-state index contributed by atoms with van der Waals surface area (Å²) in [6, 6.07) is 2.61. The molecule has 1 fully saturated rings. The third-order valence-electron chi connectivity index (χ3n) is 2.95. The van der Waals surface area contributed by atoms with Gasteiger partial charge < -0.3 is 10.6 Å². The van der Waals surface area contributed by atoms with Crippen LogP contribution >= 0.6 is 15.9 Å². The van der Waals surface area contributed by atoms with Crippen molar-refractivity contribution in [3.63, 3.8) is 0 Å². The van der Waals surface area contributed by atoms with E-state index >= 15 is 0 Å². The van der Waals surface area contributed by atoms with Gasteiger partial charge in [0.15, 0.2) is 0 Å². The van der Waals surface area contributed by atoms with Gasteiger partial charge in [0.2, 0.25) is 0 Å². The number of benzene rings is 1. The molecule has 94 valence electrons. The molecule has 0 spiro atoms. The first-order valence-electron chi connectivity index (χ1n) is 5.78. The van der Waals surface area contributed by atoms with Crippen LogP contribution in [-0.4, -0.2) is 19.1 Å². The lowest BCUT2D eigenvalue weighted by Gasteiger charge is -2.18. The maximum atomic E-state index is 13.5. The molecular formula is C12H15BrF2N2. The molecule has 1 aromatic rings. The maximum Gasteiger partial charge on any atom is 0.149 e. The van der Waals surface area contributed by atoms with Crippen LogP contribution in [0.5, 0.6) is 0 Å². The molecule has 0 radical (unpaired) electrons. The summed E-state index contributed by atoms with van der Waals surface area (Å²) in [7, 11) is 0. The fourth-order valence-electron chi connectivity index (χ4n) is 2.02. The number of hydrogen-bond donors (Lipinski definition) is 2. The Labute approximate surface area is 108 Å². The average Bonchev–Trinajstić information content (AvgIpc) is 2.54. The van der Waals surface area contributed by atoms with Gasteiger partial charge in [0.05, 0.1) is 10.2 Å². The Morgan fingerprint density at radius 2 is 2.00 bits per heavy atom. The molecule has 0 bridgehead atoms. The summed E-state index contributed by atoms with van der Waals surface area (Å²) < 4.78 is 26.9. The van der Waals surface area contributed by atoms with Crippen LogP contribution < -0.4 is 10.6 Å². The first-order chi connectivity index (χ1) is 8.16. The number of halogens is 3. The Balaban J connectivity index is 2.09. The molecule has 0 aliphatic carbocycles. The van der Waals surface area contributed by atoms with Crippen molar-refractivity contribution in [2.45, 2.75) is 25.3 Å². The Hall–Kier alpha value is -0.680. The predicted molar refractivity (Wildman–Crippen MR) is 68.2 cm³/mol. The molecule has 1 aliphatic heterocycles. The van der Waals surface area contributed by atoms with Crippen molar-refractivity contribution in [1.82, 2.24) is 5.32 Å². The van der Waals surface area contributed by atoms with Gasteiger partial charge in [-0.25, -0.2) is 8.78 Å². The zero-order chi connectivity index (χ0) is 12.3. The molecule has 1 saturated heterocycles. The highest BCUT2D eigenvalue weighted by Crippen LogP contribution is 2.25. The van der Waals surface area contributed by atoms with Gasteiger partial charge in [0.1, 0.15) is 11.6 Å². The van der Waals surface area contributed by atoms with E-state index in [1.54, 1.807) is 0 Å². The van der Waals surface area contributed by atoms with Crippen LogP contribution in [0.3, 0.4) is 0 Å². The van der Waals surface area contributed by atoms with Crippen molar-refractivity contribution in [3.8, 4) is 0 Å². The summed E-state index contributed by atoms with van der Waals surface area (Å²) in [4.78, 5) is 0. The molecule has 1 heterocycles. The van der Waals surface area contributed by atoms with E-state index in [1.807, 2.05) is 0 Å². The standard InChI is InChI=1S/C12H15BrF2N2/c13-9-6-12(11(15)7-10(9)14)17-8-2-1-4-16-5-3-8/h6-8,16-17H,1-5H2. The van der Waals surface area contributed by atoms with Gasteiger partial charge in [-0.15, -0.1) is 0 Å². The van der Waals surface area contributed by atoms with Crippen molar-refractivity contribution in [2.75, 3.05) is 18.4 Å². The minimum absolute atomic E-state index is 0.247. The van der Waals surface area contributed by atoms with Crippen molar-refractivity contribution in [2.24, 2.45) is 0 Å². The Morgan fingerprint density at radius 3 is 2.82 bits per heavy atom. The summed E-state index contributed by atoms with van der Waals surface area (Å²) in [6.45, 7) is 1.94. The molecule has 1 aliphatic rings. The molecule has 5 heteroatoms. The Kier molecular flexibility index (Phi) is 4.34. The van der Waals surface area contributed by atoms with E-state index in [9.17, 15) is 8.78 Å². The summed E-state index contributed by atoms with van der Waals surface area (Å²) >= 11 is 3.07. The fraction of sp³-hybridized carbons (Fsp3) is 0.500. The van der Waals surface area contributed by atoms with E-state index in [2.05, 4.69) is 26.6 Å². The van der Waals surface area contributed by atoms with Gasteiger partial charge in [0, 0.05) is 12.1 Å². The highest BCUT2D eigenvalue weighted by atomic mass is 79.9. The van der Waals surface area contributed by atoms with Gasteiger partial charge in [-0.2, -0.15) is 0 Å². The van der Waals surface area contributed by atoms with Crippen LogP contribution in [0.4, 0.5) is 14.5 Å². The maximum absolute atomic E-state index is 13.5. The molecular weight excluding hydrogens is 290 g/mol. The molecule has 0 amide bonds. The monoisotopic (exact) mass is 304 g/mol. The minimum Gasteiger partial charge on any atom is -0.380 e. The number of nitrogens with one attached hydrogen (secondary N) is 2. The fourth-order valence-corrected chi connectivity index (χ4v) is 2.36. The summed E-state index contributed by atoms with van der Waals surface area (Å²) in [5.41, 5.74) is 0.366. The van der Waals surface area contributed by atoms with E-state index in [0.29, 0.717) is 5.69 Å². The molecule has 1 unspecified atom stereocenters. The summed E-state index contributed by atoms with van der Waals surface area (Å²) in [5.74, 6) is -1.11. The quantitative estimate of drug-likeness (QED) is 0.819. The van der Waals surface area contributed by atoms with Crippen LogP contribution in [0, 0.1) is 11.6 Å². The van der Waals surface area contributed by atoms with Gasteiger partial charge in [-0.3, -0.25) is 0 Å². The van der Waals surface area contributed by atoms with Crippen molar-refractivity contribution in [3.05, 3.63) is 28.2 Å². The van der Waals surface area contributed by atoms with Gasteiger partial charge >= 0.3 is 0 Å². The second-order valence-corrected chi connectivity index (χ2v) is 5.12. The highest BCUT2D eigenvalue weighted by Gasteiger charge is 2.15. The molecule has 0 saturated carbocycles. The average molecular weight is 305 g/mol. The minimum atomic E-state index is -0.574. The Morgan fingerprint density at radius 1 is 1.18 bits per heavy atom. The topological polar surface area (TPSA) is 24.1 Å². The second kappa shape index (κ2) is 5.78. The van der Waals surface area contributed by atoms with E-state index in [4.69, 9.17) is 0 Å². The number of anilines is 1. The SMILES string of the molecule is Fc1cc(F)c(NC2CCCNCC2)cc1Br. The largest absolute Gasteiger partial charge is 0.380 e. The first-order valence-corrected chi connectivity index (χ1v) is 6.58. The van der Waals surface area contributed by atoms with E-state index in [0.717, 1.165) is 38.4 Å². The first kappa shape index (κ1) is 12.8. The van der Waals surface area contributed by atoms with E-state index in [1.165, 1.54) is 6.07 Å². The summed E-state index contributed by atoms with van der Waals surface area (Å²) in [5, 5.41) is 6.44. The lowest BCUT2D eigenvalue weighted by atomic mass is 10.1. The molecule has 1 atom stereocenters. The van der Waals surface area contributed by atoms with Gasteiger partial charge in [0.25, 0.3) is 0 Å². The zero-order valence-corrected chi connectivity index (χ0v) is 11.0. The van der Waals surface area contributed by atoms with E-state index in [-0.39, 0.29) is 10.5 Å². The molecule has 1 aromatic carbocycles. The third kappa shape index (κ3) is 3.39. The lowest BCUT2D eigenvalue weighted by Crippen LogP contribution is -2.22. The van der Waals surface area contributed by atoms with Crippen molar-refractivity contribution in [1.29, 1.82) is 0 Å². The second-order valence-electron chi connectivity index (χ2n) is 4.27. The zero-order valence-electron chi connectivity index (χ0n) is 9.40. The van der Waals surface area contributed by atoms with Crippen LogP contribution in [0.15, 0.2) is 16.6 Å². The molecule has 2 rings (SSSR count). The number of hydrogen-bond acceptors (Lipinski definition) is 2. The molecule has 0 aromatic heterocycles. The van der Waals surface area contributed by atoms with Crippen LogP contribution in [0.25, 0.3) is 0 Å². The highest BCUT2D eigenvalue weighted by molar-refractivity contribution is 9.10. The third-order valence-corrected chi connectivity index (χ3v) is 3.55. The number of rotatable bonds is 2. The summed E-state index contributed by atoms with van der Waals surface area (Å²) in [6.07, 6.45) is 3.03. The van der Waals surface area contributed by atoms with Crippen molar-refractivity contribution >= 4 is 21.6 Å². The molecule has 2 N–H and O–H groups in total. The van der Waals surface area contributed by atoms with E-state index < -0.39 is 11.6 Å². The molecule has 2 nitrogen and oxygen atoms in total. The van der Waals surface area contributed by atoms with Gasteiger partial charge in [-0.1, -0.05) is 0 Å². The predicted octanol–water partition coefficient (Wildman–Crippen LogP) is 3.28. The molecule has 17 heavy (non-hydrogen) atoms. The van der Waals surface area contributed by atoms with Crippen molar-refractivity contribution < 1.29 is 8.78 Å². The van der Waals surface area contributed by atoms with Gasteiger partial charge in [-0.05, 0) is 54.3 Å². The lowest BCUT2D eigenvalue weighted by molar-refractivity contribution is 0.573. The Bertz CT molecular complexity index is 390. The smallest absolute Gasteiger partial charge is 0.149 e.